The third-order valence-corrected chi connectivity index (χ3v) is 5.57. The van der Waals surface area contributed by atoms with Crippen molar-refractivity contribution < 1.29 is 4.74 Å². The van der Waals surface area contributed by atoms with Crippen LogP contribution in [0.25, 0.3) is 5.69 Å². The van der Waals surface area contributed by atoms with Crippen molar-refractivity contribution in [2.24, 2.45) is 0 Å². The number of methoxy groups -OCH3 is 1. The molecule has 0 saturated heterocycles. The van der Waals surface area contributed by atoms with Gasteiger partial charge in [0.05, 0.1) is 23.5 Å². The van der Waals surface area contributed by atoms with Gasteiger partial charge in [0, 0.05) is 16.5 Å². The van der Waals surface area contributed by atoms with Gasteiger partial charge < -0.3 is 4.74 Å². The molecule has 6 nitrogen and oxygen atoms in total. The molecule has 8 heteroatoms. The minimum atomic E-state index is 0.0816. The number of tetrazole rings is 1. The van der Waals surface area contributed by atoms with Crippen LogP contribution in [0.15, 0.2) is 34.8 Å². The first-order chi connectivity index (χ1) is 11.5. The average Bonchev–Trinajstić information content (AvgIpc) is 3.21. The third kappa shape index (κ3) is 3.76. The number of thiazole rings is 1. The molecule has 1 aromatic carbocycles. The molecular weight excluding hydrogens is 342 g/mol. The van der Waals surface area contributed by atoms with Crippen LogP contribution in [0, 0.1) is 0 Å². The maximum absolute atomic E-state index is 5.18. The summed E-state index contributed by atoms with van der Waals surface area (Å²) in [6.07, 6.45) is 0. The van der Waals surface area contributed by atoms with Crippen LogP contribution < -0.4 is 4.74 Å². The smallest absolute Gasteiger partial charge is 0.214 e. The second-order valence-electron chi connectivity index (χ2n) is 6.25. The second-order valence-corrected chi connectivity index (χ2v) is 8.05. The molecule has 0 atom stereocenters. The van der Waals surface area contributed by atoms with E-state index in [2.05, 4.69) is 41.7 Å². The minimum absolute atomic E-state index is 0.0816. The Morgan fingerprint density at radius 3 is 2.58 bits per heavy atom. The SMILES string of the molecule is COc1ccc(-n2nnnc2SCc2csc(C(C)(C)C)n2)cc1. The maximum atomic E-state index is 5.18. The Balaban J connectivity index is 1.72. The molecule has 0 aliphatic carbocycles. The first-order valence-electron chi connectivity index (χ1n) is 7.48. The number of hydrogen-bond donors (Lipinski definition) is 0. The van der Waals surface area contributed by atoms with Gasteiger partial charge in [-0.1, -0.05) is 32.5 Å². The van der Waals surface area contributed by atoms with Gasteiger partial charge in [-0.05, 0) is 34.7 Å². The van der Waals surface area contributed by atoms with Crippen molar-refractivity contribution in [2.75, 3.05) is 7.11 Å². The Morgan fingerprint density at radius 1 is 1.21 bits per heavy atom. The topological polar surface area (TPSA) is 65.7 Å². The molecule has 126 valence electrons. The zero-order valence-corrected chi connectivity index (χ0v) is 15.7. The summed E-state index contributed by atoms with van der Waals surface area (Å²) in [5.41, 5.74) is 2.04. The predicted octanol–water partition coefficient (Wildman–Crippen LogP) is 3.72. The van der Waals surface area contributed by atoms with Crippen molar-refractivity contribution in [2.45, 2.75) is 37.1 Å². The van der Waals surface area contributed by atoms with Crippen molar-refractivity contribution in [1.29, 1.82) is 0 Å². The van der Waals surface area contributed by atoms with Crippen LogP contribution in [-0.2, 0) is 11.2 Å². The van der Waals surface area contributed by atoms with Gasteiger partial charge >= 0.3 is 0 Å². The van der Waals surface area contributed by atoms with E-state index in [1.165, 1.54) is 0 Å². The summed E-state index contributed by atoms with van der Waals surface area (Å²) in [5, 5.41) is 16.0. The van der Waals surface area contributed by atoms with Gasteiger partial charge in [-0.15, -0.1) is 16.4 Å². The van der Waals surface area contributed by atoms with Gasteiger partial charge in [0.25, 0.3) is 0 Å². The van der Waals surface area contributed by atoms with E-state index in [4.69, 9.17) is 9.72 Å². The highest BCUT2D eigenvalue weighted by Gasteiger charge is 2.18. The van der Waals surface area contributed by atoms with Crippen LogP contribution in [0.2, 0.25) is 0 Å². The monoisotopic (exact) mass is 361 g/mol. The Hall–Kier alpha value is -1.93. The van der Waals surface area contributed by atoms with Crippen molar-refractivity contribution >= 4 is 23.1 Å². The molecule has 0 fully saturated rings. The molecule has 2 aromatic heterocycles. The van der Waals surface area contributed by atoms with Crippen LogP contribution in [0.1, 0.15) is 31.5 Å². The molecule has 0 bridgehead atoms. The second kappa shape index (κ2) is 6.90. The molecule has 0 saturated carbocycles. The summed E-state index contributed by atoms with van der Waals surface area (Å²) < 4.78 is 6.90. The van der Waals surface area contributed by atoms with Crippen LogP contribution >= 0.6 is 23.1 Å². The normalized spacial score (nSPS) is 11.7. The van der Waals surface area contributed by atoms with E-state index in [-0.39, 0.29) is 5.41 Å². The molecule has 3 rings (SSSR count). The van der Waals surface area contributed by atoms with E-state index in [1.54, 1.807) is 34.9 Å². The number of ether oxygens (including phenoxy) is 1. The van der Waals surface area contributed by atoms with Crippen LogP contribution in [-0.4, -0.2) is 32.3 Å². The van der Waals surface area contributed by atoms with Gasteiger partial charge in [-0.3, -0.25) is 0 Å². The number of aromatic nitrogens is 5. The summed E-state index contributed by atoms with van der Waals surface area (Å²) in [7, 11) is 1.65. The largest absolute Gasteiger partial charge is 0.497 e. The summed E-state index contributed by atoms with van der Waals surface area (Å²) in [4.78, 5) is 4.71. The van der Waals surface area contributed by atoms with Crippen LogP contribution in [0.3, 0.4) is 0 Å². The highest BCUT2D eigenvalue weighted by atomic mass is 32.2. The predicted molar refractivity (Wildman–Crippen MR) is 96.1 cm³/mol. The molecular formula is C16H19N5OS2. The first-order valence-corrected chi connectivity index (χ1v) is 9.34. The van der Waals surface area contributed by atoms with E-state index in [9.17, 15) is 0 Å². The molecule has 3 aromatic rings. The Labute approximate surface area is 149 Å². The zero-order valence-electron chi connectivity index (χ0n) is 14.1. The lowest BCUT2D eigenvalue weighted by atomic mass is 9.98. The standard InChI is InChI=1S/C16H19N5OS2/c1-16(2,3)14-17-11(9-23-14)10-24-15-18-19-20-21(15)12-5-7-13(22-4)8-6-12/h5-9H,10H2,1-4H3. The summed E-state index contributed by atoms with van der Waals surface area (Å²) in [5.74, 6) is 1.54. The molecule has 2 heterocycles. The van der Waals surface area contributed by atoms with Gasteiger partial charge in [0.1, 0.15) is 5.75 Å². The molecule has 0 radical (unpaired) electrons. The van der Waals surface area contributed by atoms with Gasteiger partial charge in [-0.25, -0.2) is 4.98 Å². The minimum Gasteiger partial charge on any atom is -0.497 e. The molecule has 0 aliphatic heterocycles. The fourth-order valence-corrected chi connectivity index (χ4v) is 3.81. The fraction of sp³-hybridized carbons (Fsp3) is 0.375. The van der Waals surface area contributed by atoms with E-state index < -0.39 is 0 Å². The van der Waals surface area contributed by atoms with E-state index in [1.807, 2.05) is 24.3 Å². The number of thioether (sulfide) groups is 1. The Kier molecular flexibility index (Phi) is 4.86. The van der Waals surface area contributed by atoms with Crippen LogP contribution in [0.4, 0.5) is 0 Å². The lowest BCUT2D eigenvalue weighted by molar-refractivity contribution is 0.414. The highest BCUT2D eigenvalue weighted by Crippen LogP contribution is 2.28. The van der Waals surface area contributed by atoms with Crippen molar-refractivity contribution in [3.8, 4) is 11.4 Å². The lowest BCUT2D eigenvalue weighted by Crippen LogP contribution is -2.10. The number of hydrogen-bond acceptors (Lipinski definition) is 7. The molecule has 24 heavy (non-hydrogen) atoms. The molecule has 0 unspecified atom stereocenters. The lowest BCUT2D eigenvalue weighted by Gasteiger charge is -2.13. The zero-order chi connectivity index (χ0) is 17.2. The maximum Gasteiger partial charge on any atom is 0.214 e. The number of nitrogens with zero attached hydrogens (tertiary/aromatic N) is 5. The summed E-state index contributed by atoms with van der Waals surface area (Å²) in [6.45, 7) is 6.52. The average molecular weight is 361 g/mol. The summed E-state index contributed by atoms with van der Waals surface area (Å²) >= 11 is 3.28. The van der Waals surface area contributed by atoms with Crippen molar-refractivity contribution in [3.63, 3.8) is 0 Å². The molecule has 0 spiro atoms. The van der Waals surface area contributed by atoms with Crippen LogP contribution in [0.5, 0.6) is 5.75 Å². The quantitative estimate of drug-likeness (QED) is 0.645. The fourth-order valence-electron chi connectivity index (χ4n) is 2.01. The highest BCUT2D eigenvalue weighted by molar-refractivity contribution is 7.98. The molecule has 0 amide bonds. The number of benzene rings is 1. The summed E-state index contributed by atoms with van der Waals surface area (Å²) in [6, 6.07) is 7.64. The van der Waals surface area contributed by atoms with E-state index >= 15 is 0 Å². The molecule has 0 N–H and O–H groups in total. The number of rotatable bonds is 5. The van der Waals surface area contributed by atoms with E-state index in [0.717, 1.165) is 33.0 Å². The van der Waals surface area contributed by atoms with Gasteiger partial charge in [-0.2, -0.15) is 4.68 Å². The van der Waals surface area contributed by atoms with Crippen molar-refractivity contribution in [3.05, 3.63) is 40.3 Å². The van der Waals surface area contributed by atoms with Gasteiger partial charge in [0.2, 0.25) is 5.16 Å². The Morgan fingerprint density at radius 2 is 1.96 bits per heavy atom. The van der Waals surface area contributed by atoms with Gasteiger partial charge in [0.15, 0.2) is 0 Å². The Bertz CT molecular complexity index is 804. The molecule has 0 aliphatic rings. The first kappa shape index (κ1) is 16.9. The van der Waals surface area contributed by atoms with Crippen molar-refractivity contribution in [1.82, 2.24) is 25.2 Å². The third-order valence-electron chi connectivity index (χ3n) is 3.30. The van der Waals surface area contributed by atoms with E-state index in [0.29, 0.717) is 0 Å².